The molecule has 2 amide bonds. The van der Waals surface area contributed by atoms with Gasteiger partial charge in [0.15, 0.2) is 24.7 Å². The second-order valence-electron chi connectivity index (χ2n) is 12.8. The molecule has 0 aliphatic rings. The lowest BCUT2D eigenvalue weighted by Crippen LogP contribution is -2.53. The Hall–Kier alpha value is -7.32. The van der Waals surface area contributed by atoms with Crippen molar-refractivity contribution in [3.05, 3.63) is 160 Å². The SMILES string of the molecule is COc1ccc(C[C@H](NC(=O)[C@H](Cc2ccccc2)NC(=O)OCc2ccccc2)C(=O)O)cc1.O=C(COc1c(F)c(F)c(F)c(F)c1F)COc1c(F)c(F)c(F)c(F)c1F. The Kier molecular flexibility index (Phi) is 17.3. The topological polar surface area (TPSA) is 149 Å². The summed E-state index contributed by atoms with van der Waals surface area (Å²) in [6.45, 7) is -2.80. The van der Waals surface area contributed by atoms with E-state index < -0.39 is 119 Å². The first kappa shape index (κ1) is 48.3. The van der Waals surface area contributed by atoms with E-state index in [1.165, 1.54) is 0 Å². The highest BCUT2D eigenvalue weighted by Gasteiger charge is 2.30. The summed E-state index contributed by atoms with van der Waals surface area (Å²) < 4.78 is 149. The monoisotopic (exact) mass is 898 g/mol. The summed E-state index contributed by atoms with van der Waals surface area (Å²) in [4.78, 5) is 48.9. The van der Waals surface area contributed by atoms with Gasteiger partial charge in [-0.3, -0.25) is 9.59 Å². The first-order valence-corrected chi connectivity index (χ1v) is 17.9. The number of carbonyl (C=O) groups excluding carboxylic acids is 3. The number of ketones is 1. The normalized spacial score (nSPS) is 11.6. The number of carbonyl (C=O) groups is 4. The van der Waals surface area contributed by atoms with Gasteiger partial charge < -0.3 is 34.7 Å². The van der Waals surface area contributed by atoms with Gasteiger partial charge in [-0.15, -0.1) is 0 Å². The molecule has 63 heavy (non-hydrogen) atoms. The van der Waals surface area contributed by atoms with Crippen LogP contribution in [0.1, 0.15) is 16.7 Å². The van der Waals surface area contributed by atoms with Crippen LogP contribution in [-0.4, -0.2) is 61.3 Å². The molecule has 5 rings (SSSR count). The number of amides is 2. The first-order valence-electron chi connectivity index (χ1n) is 17.9. The minimum absolute atomic E-state index is 0.0432. The third-order valence-corrected chi connectivity index (χ3v) is 8.41. The van der Waals surface area contributed by atoms with Crippen LogP contribution >= 0.6 is 0 Å². The minimum Gasteiger partial charge on any atom is -0.497 e. The van der Waals surface area contributed by atoms with Crippen LogP contribution in [0.15, 0.2) is 84.9 Å². The summed E-state index contributed by atoms with van der Waals surface area (Å²) >= 11 is 0. The van der Waals surface area contributed by atoms with Gasteiger partial charge in [0.25, 0.3) is 0 Å². The predicted octanol–water partition coefficient (Wildman–Crippen LogP) is 7.45. The van der Waals surface area contributed by atoms with Gasteiger partial charge in [-0.25, -0.2) is 35.9 Å². The molecule has 0 saturated heterocycles. The maximum Gasteiger partial charge on any atom is 0.408 e. The number of nitrogens with one attached hydrogen (secondary N) is 2. The van der Waals surface area contributed by atoms with Gasteiger partial charge in [0.05, 0.1) is 7.11 Å². The lowest BCUT2D eigenvalue weighted by Gasteiger charge is -2.21. The molecule has 3 N–H and O–H groups in total. The van der Waals surface area contributed by atoms with Gasteiger partial charge in [0.2, 0.25) is 69.9 Å². The third-order valence-electron chi connectivity index (χ3n) is 8.41. The fourth-order valence-electron chi connectivity index (χ4n) is 5.21. The molecule has 0 unspecified atom stereocenters. The molecule has 11 nitrogen and oxygen atoms in total. The van der Waals surface area contributed by atoms with Crippen molar-refractivity contribution < 1.29 is 87.1 Å². The average Bonchev–Trinajstić information content (AvgIpc) is 3.28. The predicted molar refractivity (Wildman–Crippen MR) is 198 cm³/mol. The fourth-order valence-corrected chi connectivity index (χ4v) is 5.21. The molecule has 334 valence electrons. The van der Waals surface area contributed by atoms with Crippen molar-refractivity contribution >= 4 is 23.8 Å². The van der Waals surface area contributed by atoms with Crippen LogP contribution in [0.2, 0.25) is 0 Å². The molecule has 2 atom stereocenters. The number of alkyl carbamates (subject to hydrolysis) is 1. The number of hydrogen-bond donors (Lipinski definition) is 3. The summed E-state index contributed by atoms with van der Waals surface area (Å²) in [5, 5.41) is 14.8. The molecule has 0 saturated carbocycles. The van der Waals surface area contributed by atoms with Gasteiger partial charge in [0, 0.05) is 12.8 Å². The number of rotatable bonds is 17. The van der Waals surface area contributed by atoms with Crippen molar-refractivity contribution in [2.75, 3.05) is 20.3 Å². The van der Waals surface area contributed by atoms with E-state index in [2.05, 4.69) is 20.1 Å². The maximum atomic E-state index is 13.3. The van der Waals surface area contributed by atoms with Gasteiger partial charge in [-0.2, -0.15) is 17.6 Å². The average molecular weight is 899 g/mol. The Morgan fingerprint density at radius 3 is 1.35 bits per heavy atom. The number of ether oxygens (including phenoxy) is 4. The Morgan fingerprint density at radius 1 is 0.524 bits per heavy atom. The summed E-state index contributed by atoms with van der Waals surface area (Å²) in [5.41, 5.74) is 2.32. The molecule has 5 aromatic carbocycles. The van der Waals surface area contributed by atoms with Crippen LogP contribution in [0, 0.1) is 58.2 Å². The maximum absolute atomic E-state index is 13.3. The van der Waals surface area contributed by atoms with Crippen LogP contribution in [0.3, 0.4) is 0 Å². The van der Waals surface area contributed by atoms with Gasteiger partial charge in [0.1, 0.15) is 24.4 Å². The molecule has 0 aliphatic carbocycles. The number of hydrogen-bond acceptors (Lipinski definition) is 8. The molecular formula is C42H32F10N2O9. The van der Waals surface area contributed by atoms with E-state index in [-0.39, 0.29) is 19.4 Å². The Balaban J connectivity index is 0.000000284. The lowest BCUT2D eigenvalue weighted by atomic mass is 10.0. The van der Waals surface area contributed by atoms with Crippen molar-refractivity contribution in [1.29, 1.82) is 0 Å². The van der Waals surface area contributed by atoms with E-state index in [1.807, 2.05) is 60.7 Å². The zero-order chi connectivity index (χ0) is 46.4. The Morgan fingerprint density at radius 2 is 0.921 bits per heavy atom. The Labute approximate surface area is 350 Å². The largest absolute Gasteiger partial charge is 0.497 e. The van der Waals surface area contributed by atoms with E-state index in [9.17, 15) is 68.2 Å². The molecule has 0 bridgehead atoms. The Bertz CT molecular complexity index is 2280. The fraction of sp³-hybridized carbons (Fsp3) is 0.190. The minimum atomic E-state index is -2.48. The van der Waals surface area contributed by atoms with Crippen LogP contribution in [0.4, 0.5) is 48.7 Å². The molecule has 21 heteroatoms. The van der Waals surface area contributed by atoms with Crippen LogP contribution in [-0.2, 0) is 38.6 Å². The molecule has 0 fully saturated rings. The van der Waals surface area contributed by atoms with E-state index in [4.69, 9.17) is 9.47 Å². The highest BCUT2D eigenvalue weighted by molar-refractivity contribution is 5.89. The van der Waals surface area contributed by atoms with Crippen LogP contribution < -0.4 is 24.8 Å². The van der Waals surface area contributed by atoms with Crippen molar-refractivity contribution in [1.82, 2.24) is 10.6 Å². The standard InChI is InChI=1S/C27H28N2O6.C15H4F10O3/c1-34-22-14-12-20(13-15-22)17-24(26(31)32)28-25(30)23(16-19-8-4-2-5-9-19)29-27(33)35-18-21-10-6-3-7-11-21;16-4-6(18)10(22)14(11(23)7(4)19)27-1-3(26)2-28-15-12(24)8(20)5(17)9(21)13(15)25/h2-15,23-24H,16-18H2,1H3,(H,28,30)(H,29,33)(H,31,32);1-2H2/t23-,24-;/m0./s1. The van der Waals surface area contributed by atoms with Crippen molar-refractivity contribution in [2.24, 2.45) is 0 Å². The highest BCUT2D eigenvalue weighted by Crippen LogP contribution is 2.30. The third kappa shape index (κ3) is 13.1. The summed E-state index contributed by atoms with van der Waals surface area (Å²) in [7, 11) is 1.54. The van der Waals surface area contributed by atoms with Crippen molar-refractivity contribution in [3.63, 3.8) is 0 Å². The second kappa shape index (κ2) is 22.5. The number of halogens is 10. The van der Waals surface area contributed by atoms with E-state index in [0.717, 1.165) is 11.1 Å². The molecule has 0 heterocycles. The zero-order valence-electron chi connectivity index (χ0n) is 32.3. The van der Waals surface area contributed by atoms with E-state index >= 15 is 0 Å². The number of carboxylic acids is 1. The summed E-state index contributed by atoms with van der Waals surface area (Å²) in [6.07, 6.45) is -0.532. The molecule has 0 aliphatic heterocycles. The van der Waals surface area contributed by atoms with Crippen LogP contribution in [0.5, 0.6) is 17.2 Å². The van der Waals surface area contributed by atoms with Crippen molar-refractivity contribution in [2.45, 2.75) is 31.5 Å². The van der Waals surface area contributed by atoms with E-state index in [1.54, 1.807) is 31.4 Å². The number of aliphatic carboxylic acids is 1. The first-order chi connectivity index (χ1) is 29.9. The zero-order valence-corrected chi connectivity index (χ0v) is 32.3. The molecule has 0 radical (unpaired) electrons. The number of Topliss-reactive ketones (excluding diaryl/α,β-unsaturated/α-hetero) is 1. The van der Waals surface area contributed by atoms with Gasteiger partial charge in [-0.1, -0.05) is 72.8 Å². The number of methoxy groups -OCH3 is 1. The molecule has 0 spiro atoms. The second-order valence-corrected chi connectivity index (χ2v) is 12.8. The van der Waals surface area contributed by atoms with Crippen LogP contribution in [0.25, 0.3) is 0 Å². The molecule has 0 aromatic heterocycles. The lowest BCUT2D eigenvalue weighted by molar-refractivity contribution is -0.142. The number of carboxylic acid groups (broad SMARTS) is 1. The smallest absolute Gasteiger partial charge is 0.408 e. The quantitative estimate of drug-likeness (QED) is 0.0492. The van der Waals surface area contributed by atoms with Gasteiger partial charge in [-0.05, 0) is 28.8 Å². The highest BCUT2D eigenvalue weighted by atomic mass is 19.2. The molecule has 5 aromatic rings. The van der Waals surface area contributed by atoms with Crippen molar-refractivity contribution in [3.8, 4) is 17.2 Å². The number of benzene rings is 5. The van der Waals surface area contributed by atoms with E-state index in [0.29, 0.717) is 11.3 Å². The molecular weight excluding hydrogens is 866 g/mol. The van der Waals surface area contributed by atoms with Gasteiger partial charge >= 0.3 is 12.1 Å². The summed E-state index contributed by atoms with van der Waals surface area (Å²) in [5.74, 6) is -30.2. The summed E-state index contributed by atoms with van der Waals surface area (Å²) in [6, 6.07) is 23.0.